The summed E-state index contributed by atoms with van der Waals surface area (Å²) in [5.41, 5.74) is 4.35. The molecule has 0 aliphatic carbocycles. The number of anilines is 3. The van der Waals surface area contributed by atoms with Crippen LogP contribution in [0.2, 0.25) is 0 Å². The average Bonchev–Trinajstić information content (AvgIpc) is 2.73. The predicted molar refractivity (Wildman–Crippen MR) is 119 cm³/mol. The van der Waals surface area contributed by atoms with E-state index in [2.05, 4.69) is 30.9 Å². The van der Waals surface area contributed by atoms with Crippen molar-refractivity contribution >= 4 is 38.1 Å². The third-order valence-corrected chi connectivity index (χ3v) is 4.91. The van der Waals surface area contributed by atoms with Gasteiger partial charge in [0, 0.05) is 28.4 Å². The minimum absolute atomic E-state index is 0.392. The first-order valence-corrected chi connectivity index (χ1v) is 10.8. The number of rotatable bonds is 5. The van der Waals surface area contributed by atoms with Crippen molar-refractivity contribution in [2.75, 3.05) is 16.3 Å². The molecule has 0 fully saturated rings. The van der Waals surface area contributed by atoms with Crippen LogP contribution in [0.25, 0.3) is 22.0 Å². The van der Waals surface area contributed by atoms with Gasteiger partial charge >= 0.3 is 0 Å². The van der Waals surface area contributed by atoms with Crippen LogP contribution in [0.15, 0.2) is 67.3 Å². The van der Waals surface area contributed by atoms with Crippen molar-refractivity contribution in [1.29, 1.82) is 0 Å². The molecule has 0 bridgehead atoms. The van der Waals surface area contributed by atoms with Crippen molar-refractivity contribution in [2.45, 2.75) is 0 Å². The van der Waals surface area contributed by atoms with Gasteiger partial charge in [-0.3, -0.25) is 9.71 Å². The minimum atomic E-state index is -3.39. The summed E-state index contributed by atoms with van der Waals surface area (Å²) in [7, 11) is -3.39. The van der Waals surface area contributed by atoms with Gasteiger partial charge in [-0.05, 0) is 42.0 Å². The van der Waals surface area contributed by atoms with Crippen molar-refractivity contribution in [2.24, 2.45) is 0 Å². The van der Waals surface area contributed by atoms with Crippen LogP contribution >= 0.6 is 0 Å². The van der Waals surface area contributed by atoms with Gasteiger partial charge in [-0.15, -0.1) is 6.42 Å². The average molecular weight is 415 g/mol. The molecular weight excluding hydrogens is 398 g/mol. The summed E-state index contributed by atoms with van der Waals surface area (Å²) < 4.78 is 25.5. The van der Waals surface area contributed by atoms with Gasteiger partial charge in [0.05, 0.1) is 23.7 Å². The Morgan fingerprint density at radius 1 is 0.967 bits per heavy atom. The lowest BCUT2D eigenvalue weighted by Gasteiger charge is -2.11. The summed E-state index contributed by atoms with van der Waals surface area (Å²) in [6.45, 7) is 0. The van der Waals surface area contributed by atoms with E-state index < -0.39 is 10.0 Å². The highest BCUT2D eigenvalue weighted by Gasteiger charge is 2.09. The normalized spacial score (nSPS) is 11.1. The van der Waals surface area contributed by atoms with E-state index in [-0.39, 0.29) is 0 Å². The molecule has 0 saturated carbocycles. The Morgan fingerprint density at radius 3 is 2.63 bits per heavy atom. The fourth-order valence-corrected chi connectivity index (χ4v) is 3.57. The molecule has 0 aliphatic heterocycles. The molecule has 2 N–H and O–H groups in total. The van der Waals surface area contributed by atoms with Crippen LogP contribution < -0.4 is 10.0 Å². The Hall–Kier alpha value is -3.96. The molecular formula is C22H17N5O2S. The SMILES string of the molecule is C#Cc1cccc(Nc2ncnc3ccc(-c4cncc(NS(C)(=O)=O)c4)cc23)c1. The topological polar surface area (TPSA) is 96.9 Å². The van der Waals surface area contributed by atoms with Crippen LogP contribution in [-0.4, -0.2) is 29.6 Å². The van der Waals surface area contributed by atoms with E-state index in [1.54, 1.807) is 12.3 Å². The molecule has 0 atom stereocenters. The second-order valence-corrected chi connectivity index (χ2v) is 8.39. The molecule has 7 nitrogen and oxygen atoms in total. The molecule has 0 saturated heterocycles. The summed E-state index contributed by atoms with van der Waals surface area (Å²) in [6.07, 6.45) is 11.2. The van der Waals surface area contributed by atoms with Crippen molar-refractivity contribution < 1.29 is 8.42 Å². The predicted octanol–water partition coefficient (Wildman–Crippen LogP) is 3.79. The van der Waals surface area contributed by atoms with Gasteiger partial charge in [0.1, 0.15) is 12.1 Å². The molecule has 4 aromatic rings. The van der Waals surface area contributed by atoms with Crippen LogP contribution in [0.4, 0.5) is 17.2 Å². The van der Waals surface area contributed by atoms with Gasteiger partial charge in [0.2, 0.25) is 10.0 Å². The molecule has 0 amide bonds. The van der Waals surface area contributed by atoms with Crippen molar-refractivity contribution in [3.05, 3.63) is 72.8 Å². The molecule has 30 heavy (non-hydrogen) atoms. The zero-order valence-electron chi connectivity index (χ0n) is 16.0. The fraction of sp³-hybridized carbons (Fsp3) is 0.0455. The van der Waals surface area contributed by atoms with Crippen LogP contribution in [0.3, 0.4) is 0 Å². The van der Waals surface area contributed by atoms with E-state index >= 15 is 0 Å². The number of hydrogen-bond donors (Lipinski definition) is 2. The highest BCUT2D eigenvalue weighted by atomic mass is 32.2. The largest absolute Gasteiger partial charge is 0.340 e. The number of nitrogens with one attached hydrogen (secondary N) is 2. The Morgan fingerprint density at radius 2 is 1.83 bits per heavy atom. The summed E-state index contributed by atoms with van der Waals surface area (Å²) >= 11 is 0. The van der Waals surface area contributed by atoms with Crippen molar-refractivity contribution in [1.82, 2.24) is 15.0 Å². The first kappa shape index (κ1) is 19.4. The quantitative estimate of drug-likeness (QED) is 0.482. The number of hydrogen-bond acceptors (Lipinski definition) is 6. The molecule has 0 spiro atoms. The Balaban J connectivity index is 1.75. The monoisotopic (exact) mass is 415 g/mol. The third kappa shape index (κ3) is 4.37. The zero-order valence-corrected chi connectivity index (χ0v) is 16.8. The lowest BCUT2D eigenvalue weighted by Crippen LogP contribution is -2.09. The van der Waals surface area contributed by atoms with E-state index in [0.29, 0.717) is 11.5 Å². The number of terminal acetylenes is 1. The smallest absolute Gasteiger partial charge is 0.229 e. The van der Waals surface area contributed by atoms with Crippen molar-refractivity contribution in [3.63, 3.8) is 0 Å². The van der Waals surface area contributed by atoms with Gasteiger partial charge in [-0.2, -0.15) is 0 Å². The number of nitrogens with zero attached hydrogens (tertiary/aromatic N) is 3. The molecule has 0 unspecified atom stereocenters. The molecule has 2 aromatic carbocycles. The number of fused-ring (bicyclic) bond motifs is 1. The highest BCUT2D eigenvalue weighted by Crippen LogP contribution is 2.29. The number of pyridine rings is 1. The lowest BCUT2D eigenvalue weighted by atomic mass is 10.0. The van der Waals surface area contributed by atoms with E-state index in [4.69, 9.17) is 6.42 Å². The number of benzene rings is 2. The maximum absolute atomic E-state index is 11.5. The molecule has 2 aromatic heterocycles. The molecule has 8 heteroatoms. The van der Waals surface area contributed by atoms with E-state index in [9.17, 15) is 8.42 Å². The van der Waals surface area contributed by atoms with Gasteiger partial charge in [-0.1, -0.05) is 18.1 Å². The second kappa shape index (κ2) is 7.81. The summed E-state index contributed by atoms with van der Waals surface area (Å²) in [5, 5.41) is 4.10. The highest BCUT2D eigenvalue weighted by molar-refractivity contribution is 7.92. The van der Waals surface area contributed by atoms with Crippen LogP contribution in [0.5, 0.6) is 0 Å². The maximum Gasteiger partial charge on any atom is 0.229 e. The third-order valence-electron chi connectivity index (χ3n) is 4.30. The minimum Gasteiger partial charge on any atom is -0.340 e. The lowest BCUT2D eigenvalue weighted by molar-refractivity contribution is 0.607. The van der Waals surface area contributed by atoms with E-state index in [0.717, 1.165) is 39.5 Å². The van der Waals surface area contributed by atoms with E-state index in [1.807, 2.05) is 42.5 Å². The summed E-state index contributed by atoms with van der Waals surface area (Å²) in [5.74, 6) is 3.25. The van der Waals surface area contributed by atoms with Gasteiger partial charge < -0.3 is 5.32 Å². The summed E-state index contributed by atoms with van der Waals surface area (Å²) in [4.78, 5) is 12.8. The van der Waals surface area contributed by atoms with Crippen LogP contribution in [0.1, 0.15) is 5.56 Å². The Bertz CT molecular complexity index is 1390. The molecule has 2 heterocycles. The first-order chi connectivity index (χ1) is 14.4. The van der Waals surface area contributed by atoms with Crippen LogP contribution in [0, 0.1) is 12.3 Å². The molecule has 4 rings (SSSR count). The first-order valence-electron chi connectivity index (χ1n) is 8.93. The van der Waals surface area contributed by atoms with Crippen LogP contribution in [-0.2, 0) is 10.0 Å². The van der Waals surface area contributed by atoms with Crippen molar-refractivity contribution in [3.8, 4) is 23.5 Å². The molecule has 0 aliphatic rings. The van der Waals surface area contributed by atoms with Gasteiger partial charge in [-0.25, -0.2) is 18.4 Å². The van der Waals surface area contributed by atoms with Gasteiger partial charge in [0.15, 0.2) is 0 Å². The maximum atomic E-state index is 11.5. The zero-order chi connectivity index (χ0) is 21.1. The fourth-order valence-electron chi connectivity index (χ4n) is 3.03. The van der Waals surface area contributed by atoms with E-state index in [1.165, 1.54) is 12.5 Å². The summed E-state index contributed by atoms with van der Waals surface area (Å²) in [6, 6.07) is 14.9. The Labute approximate surface area is 174 Å². The second-order valence-electron chi connectivity index (χ2n) is 6.64. The van der Waals surface area contributed by atoms with Gasteiger partial charge in [0.25, 0.3) is 0 Å². The number of sulfonamides is 1. The molecule has 0 radical (unpaired) electrons. The standard InChI is InChI=1S/C22H17N5O2S/c1-3-15-5-4-6-18(9-15)26-22-20-11-16(7-8-21(20)24-14-25-22)17-10-19(13-23-12-17)27-30(2,28)29/h1,4-14,27H,2H3,(H,24,25,26). The number of aromatic nitrogens is 3. The molecule has 148 valence electrons. The Kier molecular flexibility index (Phi) is 5.04.